The zero-order valence-electron chi connectivity index (χ0n) is 11.2. The summed E-state index contributed by atoms with van der Waals surface area (Å²) < 4.78 is 0. The first kappa shape index (κ1) is 14.2. The fourth-order valence-electron chi connectivity index (χ4n) is 2.01. The predicted molar refractivity (Wildman–Crippen MR) is 74.0 cm³/mol. The van der Waals surface area contributed by atoms with Crippen molar-refractivity contribution >= 4 is 23.4 Å². The van der Waals surface area contributed by atoms with Crippen molar-refractivity contribution in [3.05, 3.63) is 29.8 Å². The summed E-state index contributed by atoms with van der Waals surface area (Å²) in [5, 5.41) is 7.87. The number of rotatable bonds is 4. The van der Waals surface area contributed by atoms with Crippen LogP contribution in [-0.2, 0) is 14.4 Å². The van der Waals surface area contributed by atoms with Crippen LogP contribution in [0, 0.1) is 6.92 Å². The van der Waals surface area contributed by atoms with Crippen molar-refractivity contribution in [1.82, 2.24) is 10.6 Å². The fourth-order valence-corrected chi connectivity index (χ4v) is 2.01. The average molecular weight is 275 g/mol. The van der Waals surface area contributed by atoms with Crippen LogP contribution in [-0.4, -0.2) is 30.3 Å². The monoisotopic (exact) mass is 275 g/mol. The topological polar surface area (TPSA) is 87.3 Å². The van der Waals surface area contributed by atoms with Crippen LogP contribution in [0.15, 0.2) is 24.3 Å². The molecule has 6 nitrogen and oxygen atoms in total. The molecule has 3 N–H and O–H groups in total. The Morgan fingerprint density at radius 3 is 2.80 bits per heavy atom. The number of carbonyl (C=O) groups excluding carboxylic acids is 3. The second-order valence-electron chi connectivity index (χ2n) is 4.75. The van der Waals surface area contributed by atoms with Crippen LogP contribution in [0.25, 0.3) is 0 Å². The van der Waals surface area contributed by atoms with Gasteiger partial charge in [-0.05, 0) is 25.0 Å². The lowest BCUT2D eigenvalue weighted by Gasteiger charge is -2.21. The maximum Gasteiger partial charge on any atom is 0.243 e. The number of amides is 3. The molecule has 1 aromatic carbocycles. The summed E-state index contributed by atoms with van der Waals surface area (Å²) in [6.45, 7) is 1.93. The first-order valence-corrected chi connectivity index (χ1v) is 6.49. The van der Waals surface area contributed by atoms with Crippen LogP contribution in [0.4, 0.5) is 5.69 Å². The zero-order valence-corrected chi connectivity index (χ0v) is 11.2. The van der Waals surface area contributed by atoms with Crippen molar-refractivity contribution in [2.75, 3.05) is 11.9 Å². The molecule has 2 rings (SSSR count). The zero-order chi connectivity index (χ0) is 14.5. The van der Waals surface area contributed by atoms with Gasteiger partial charge in [0.2, 0.25) is 17.7 Å². The van der Waals surface area contributed by atoms with E-state index in [0.29, 0.717) is 12.8 Å². The molecule has 0 aromatic heterocycles. The quantitative estimate of drug-likeness (QED) is 0.691. The van der Waals surface area contributed by atoms with E-state index in [1.165, 1.54) is 0 Å². The van der Waals surface area contributed by atoms with Gasteiger partial charge in [0, 0.05) is 12.1 Å². The van der Waals surface area contributed by atoms with Crippen LogP contribution >= 0.6 is 0 Å². The second kappa shape index (κ2) is 6.29. The first-order valence-electron chi connectivity index (χ1n) is 6.49. The lowest BCUT2D eigenvalue weighted by atomic mass is 10.1. The molecular weight excluding hydrogens is 258 g/mol. The third-order valence-electron chi connectivity index (χ3n) is 3.17. The van der Waals surface area contributed by atoms with E-state index in [1.54, 1.807) is 0 Å². The number of para-hydroxylation sites is 1. The molecular formula is C14H17N3O3. The minimum absolute atomic E-state index is 0.0284. The molecule has 1 unspecified atom stereocenters. The first-order chi connectivity index (χ1) is 9.56. The summed E-state index contributed by atoms with van der Waals surface area (Å²) in [6.07, 6.45) is 0.713. The van der Waals surface area contributed by atoms with E-state index in [9.17, 15) is 14.4 Å². The number of carbonyl (C=O) groups is 3. The number of hydrogen-bond donors (Lipinski definition) is 3. The van der Waals surface area contributed by atoms with E-state index in [0.717, 1.165) is 11.3 Å². The Kier molecular flexibility index (Phi) is 4.47. The summed E-state index contributed by atoms with van der Waals surface area (Å²) in [4.78, 5) is 34.3. The number of benzene rings is 1. The van der Waals surface area contributed by atoms with Crippen LogP contribution in [0.3, 0.4) is 0 Å². The molecule has 3 amide bonds. The predicted octanol–water partition coefficient (Wildman–Crippen LogP) is 0.328. The molecule has 1 aliphatic heterocycles. The molecule has 1 fully saturated rings. The van der Waals surface area contributed by atoms with Gasteiger partial charge < -0.3 is 5.32 Å². The van der Waals surface area contributed by atoms with Crippen molar-refractivity contribution in [1.29, 1.82) is 0 Å². The van der Waals surface area contributed by atoms with Gasteiger partial charge in [-0.3, -0.25) is 25.0 Å². The maximum atomic E-state index is 11.8. The van der Waals surface area contributed by atoms with Gasteiger partial charge in [0.1, 0.15) is 0 Å². The smallest absolute Gasteiger partial charge is 0.243 e. The summed E-state index contributed by atoms with van der Waals surface area (Å²) >= 11 is 0. The highest BCUT2D eigenvalue weighted by atomic mass is 16.2. The van der Waals surface area contributed by atoms with E-state index in [4.69, 9.17) is 0 Å². The van der Waals surface area contributed by atoms with Crippen LogP contribution in [0.1, 0.15) is 18.4 Å². The minimum Gasteiger partial charge on any atom is -0.325 e. The molecule has 106 valence electrons. The van der Waals surface area contributed by atoms with Gasteiger partial charge in [0.05, 0.1) is 12.6 Å². The van der Waals surface area contributed by atoms with Crippen molar-refractivity contribution in [3.63, 3.8) is 0 Å². The molecule has 1 aromatic rings. The minimum atomic E-state index is -0.490. The highest BCUT2D eigenvalue weighted by Gasteiger charge is 2.26. The lowest BCUT2D eigenvalue weighted by Crippen LogP contribution is -2.52. The van der Waals surface area contributed by atoms with Gasteiger partial charge in [-0.25, -0.2) is 0 Å². The summed E-state index contributed by atoms with van der Waals surface area (Å²) in [7, 11) is 0. The van der Waals surface area contributed by atoms with Crippen LogP contribution in [0.5, 0.6) is 0 Å². The van der Waals surface area contributed by atoms with E-state index in [2.05, 4.69) is 16.0 Å². The van der Waals surface area contributed by atoms with E-state index in [-0.39, 0.29) is 24.3 Å². The molecule has 1 aliphatic rings. The summed E-state index contributed by atoms with van der Waals surface area (Å²) in [5.41, 5.74) is 1.73. The number of hydrogen-bond acceptors (Lipinski definition) is 4. The number of imide groups is 1. The Morgan fingerprint density at radius 1 is 1.35 bits per heavy atom. The van der Waals surface area contributed by atoms with Crippen molar-refractivity contribution in [2.45, 2.75) is 25.8 Å². The number of nitrogens with one attached hydrogen (secondary N) is 3. The standard InChI is InChI=1S/C14H17N3O3/c1-9-4-2-3-5-10(9)16-13(19)8-15-11-6-7-12(18)17-14(11)20/h2-5,11,15H,6-8H2,1H3,(H,16,19)(H,17,18,20). The number of piperidine rings is 1. The van der Waals surface area contributed by atoms with E-state index >= 15 is 0 Å². The van der Waals surface area contributed by atoms with Gasteiger partial charge in [0.15, 0.2) is 0 Å². The molecule has 1 saturated heterocycles. The van der Waals surface area contributed by atoms with E-state index < -0.39 is 6.04 Å². The van der Waals surface area contributed by atoms with Gasteiger partial charge in [-0.1, -0.05) is 18.2 Å². The molecule has 0 aliphatic carbocycles. The van der Waals surface area contributed by atoms with Crippen molar-refractivity contribution in [2.24, 2.45) is 0 Å². The molecule has 0 bridgehead atoms. The average Bonchev–Trinajstić information content (AvgIpc) is 2.40. The SMILES string of the molecule is Cc1ccccc1NC(=O)CNC1CCC(=O)NC1=O. The summed E-state index contributed by atoms with van der Waals surface area (Å²) in [6, 6.07) is 6.97. The van der Waals surface area contributed by atoms with Crippen LogP contribution < -0.4 is 16.0 Å². The van der Waals surface area contributed by atoms with Crippen molar-refractivity contribution < 1.29 is 14.4 Å². The molecule has 0 radical (unpaired) electrons. The Morgan fingerprint density at radius 2 is 2.10 bits per heavy atom. The molecule has 1 atom stereocenters. The van der Waals surface area contributed by atoms with Gasteiger partial charge in [-0.15, -0.1) is 0 Å². The van der Waals surface area contributed by atoms with E-state index in [1.807, 2.05) is 31.2 Å². The Balaban J connectivity index is 1.82. The van der Waals surface area contributed by atoms with Gasteiger partial charge in [0.25, 0.3) is 0 Å². The van der Waals surface area contributed by atoms with Crippen LogP contribution in [0.2, 0.25) is 0 Å². The molecule has 6 heteroatoms. The van der Waals surface area contributed by atoms with Gasteiger partial charge in [-0.2, -0.15) is 0 Å². The Labute approximate surface area is 116 Å². The largest absolute Gasteiger partial charge is 0.325 e. The highest BCUT2D eigenvalue weighted by Crippen LogP contribution is 2.12. The molecule has 20 heavy (non-hydrogen) atoms. The number of anilines is 1. The maximum absolute atomic E-state index is 11.8. The Bertz CT molecular complexity index is 542. The third-order valence-corrected chi connectivity index (χ3v) is 3.17. The highest BCUT2D eigenvalue weighted by molar-refractivity contribution is 6.00. The summed E-state index contributed by atoms with van der Waals surface area (Å²) in [5.74, 6) is -0.855. The third kappa shape index (κ3) is 3.64. The van der Waals surface area contributed by atoms with Crippen molar-refractivity contribution in [3.8, 4) is 0 Å². The molecule has 1 heterocycles. The molecule has 0 spiro atoms. The normalized spacial score (nSPS) is 18.6. The Hall–Kier alpha value is -2.21. The number of aryl methyl sites for hydroxylation is 1. The van der Waals surface area contributed by atoms with Gasteiger partial charge >= 0.3 is 0 Å². The lowest BCUT2D eigenvalue weighted by molar-refractivity contribution is -0.134. The molecule has 0 saturated carbocycles. The second-order valence-corrected chi connectivity index (χ2v) is 4.75. The fraction of sp³-hybridized carbons (Fsp3) is 0.357.